The monoisotopic (exact) mass is 357 g/mol. The molecule has 0 radical (unpaired) electrons. The average molecular weight is 358 g/mol. The third-order valence-corrected chi connectivity index (χ3v) is 7.21. The van der Waals surface area contributed by atoms with E-state index in [9.17, 15) is 5.11 Å². The Morgan fingerprint density at radius 2 is 1.96 bits per heavy atom. The van der Waals surface area contributed by atoms with E-state index in [4.69, 9.17) is 0 Å². The zero-order valence-electron chi connectivity index (χ0n) is 12.3. The molecule has 116 valence electrons. The molecule has 3 aromatic heterocycles. The van der Waals surface area contributed by atoms with Gasteiger partial charge in [0.15, 0.2) is 0 Å². The highest BCUT2D eigenvalue weighted by Gasteiger charge is 2.34. The maximum atomic E-state index is 11.1. The van der Waals surface area contributed by atoms with Crippen molar-refractivity contribution in [2.45, 2.75) is 12.0 Å². The topological polar surface area (TPSA) is 33.1 Å². The largest absolute Gasteiger partial charge is 0.384 e. The first-order valence-corrected chi connectivity index (χ1v) is 10.1. The number of hydrogen-bond acceptors (Lipinski definition) is 5. The standard InChI is InChI=1S/C18H15NOS3/c20-17(12-4-1-7-19-10-12)16-13(14-5-2-8-21-14)11-23-18(16)15-6-3-9-22-15/h1-10,13,17,20H,11H2. The van der Waals surface area contributed by atoms with Crippen molar-refractivity contribution in [2.24, 2.45) is 0 Å². The molecular formula is C18H15NOS3. The minimum Gasteiger partial charge on any atom is -0.384 e. The van der Waals surface area contributed by atoms with Crippen molar-refractivity contribution in [1.29, 1.82) is 0 Å². The average Bonchev–Trinajstić information content (AvgIpc) is 3.33. The fourth-order valence-electron chi connectivity index (χ4n) is 2.88. The summed E-state index contributed by atoms with van der Waals surface area (Å²) in [6.45, 7) is 0. The summed E-state index contributed by atoms with van der Waals surface area (Å²) >= 11 is 5.35. The van der Waals surface area contributed by atoms with Gasteiger partial charge in [-0.05, 0) is 34.5 Å². The maximum absolute atomic E-state index is 11.1. The normalized spacial score (nSPS) is 19.3. The van der Waals surface area contributed by atoms with Gasteiger partial charge in [0.05, 0.1) is 0 Å². The second-order valence-corrected chi connectivity index (χ2v) is 8.29. The molecule has 0 fully saturated rings. The molecule has 0 aliphatic carbocycles. The van der Waals surface area contributed by atoms with Crippen LogP contribution in [0.1, 0.15) is 27.3 Å². The second-order valence-electron chi connectivity index (χ2n) is 5.33. The third-order valence-electron chi connectivity index (χ3n) is 3.96. The summed E-state index contributed by atoms with van der Waals surface area (Å²) in [4.78, 5) is 7.96. The lowest BCUT2D eigenvalue weighted by atomic mass is 9.90. The highest BCUT2D eigenvalue weighted by Crippen LogP contribution is 2.52. The van der Waals surface area contributed by atoms with Crippen molar-refractivity contribution in [2.75, 3.05) is 5.75 Å². The van der Waals surface area contributed by atoms with Crippen LogP contribution < -0.4 is 0 Å². The third kappa shape index (κ3) is 2.90. The van der Waals surface area contributed by atoms with Gasteiger partial charge < -0.3 is 5.11 Å². The maximum Gasteiger partial charge on any atom is 0.104 e. The van der Waals surface area contributed by atoms with Gasteiger partial charge in [-0.25, -0.2) is 0 Å². The summed E-state index contributed by atoms with van der Waals surface area (Å²) in [5.41, 5.74) is 1.98. The van der Waals surface area contributed by atoms with E-state index in [1.807, 2.05) is 23.9 Å². The first kappa shape index (κ1) is 15.1. The Kier molecular flexibility index (Phi) is 4.35. The van der Waals surface area contributed by atoms with Gasteiger partial charge >= 0.3 is 0 Å². The van der Waals surface area contributed by atoms with Crippen LogP contribution in [0.2, 0.25) is 0 Å². The predicted octanol–water partition coefficient (Wildman–Crippen LogP) is 5.18. The van der Waals surface area contributed by atoms with E-state index >= 15 is 0 Å². The molecule has 0 spiro atoms. The molecule has 0 saturated carbocycles. The molecule has 3 aromatic rings. The zero-order valence-corrected chi connectivity index (χ0v) is 14.7. The molecule has 0 bridgehead atoms. The van der Waals surface area contributed by atoms with Gasteiger partial charge in [0.1, 0.15) is 6.10 Å². The van der Waals surface area contributed by atoms with Crippen molar-refractivity contribution < 1.29 is 5.11 Å². The van der Waals surface area contributed by atoms with Crippen LogP contribution in [-0.2, 0) is 0 Å². The second kappa shape index (κ2) is 6.61. The first-order valence-electron chi connectivity index (χ1n) is 7.36. The summed E-state index contributed by atoms with van der Waals surface area (Å²) in [5, 5.41) is 15.3. The molecule has 0 aromatic carbocycles. The Morgan fingerprint density at radius 3 is 2.65 bits per heavy atom. The van der Waals surface area contributed by atoms with Gasteiger partial charge in [-0.1, -0.05) is 18.2 Å². The van der Waals surface area contributed by atoms with Crippen LogP contribution in [-0.4, -0.2) is 15.8 Å². The summed E-state index contributed by atoms with van der Waals surface area (Å²) in [6, 6.07) is 12.3. The lowest BCUT2D eigenvalue weighted by Crippen LogP contribution is -2.09. The van der Waals surface area contributed by atoms with Gasteiger partial charge in [-0.15, -0.1) is 34.4 Å². The van der Waals surface area contributed by atoms with E-state index in [0.29, 0.717) is 0 Å². The number of aromatic nitrogens is 1. The molecule has 1 N–H and O–H groups in total. The SMILES string of the molecule is OC(C1=C(c2cccs2)SCC1c1cccs1)c1cccnc1. The zero-order chi connectivity index (χ0) is 15.6. The minimum absolute atomic E-state index is 0.271. The molecule has 23 heavy (non-hydrogen) atoms. The Labute approximate surface area is 147 Å². The van der Waals surface area contributed by atoms with Crippen LogP contribution >= 0.6 is 34.4 Å². The van der Waals surface area contributed by atoms with Crippen molar-refractivity contribution in [3.63, 3.8) is 0 Å². The van der Waals surface area contributed by atoms with E-state index in [1.165, 1.54) is 14.7 Å². The first-order chi connectivity index (χ1) is 11.3. The number of thiophene rings is 2. The number of aliphatic hydroxyl groups excluding tert-OH is 1. The Balaban J connectivity index is 1.82. The van der Waals surface area contributed by atoms with Gasteiger partial charge in [0, 0.05) is 44.3 Å². The van der Waals surface area contributed by atoms with E-state index in [0.717, 1.165) is 16.9 Å². The van der Waals surface area contributed by atoms with Crippen molar-refractivity contribution >= 4 is 39.3 Å². The van der Waals surface area contributed by atoms with Crippen LogP contribution in [0.5, 0.6) is 0 Å². The number of pyridine rings is 1. The smallest absolute Gasteiger partial charge is 0.104 e. The van der Waals surface area contributed by atoms with Crippen LogP contribution in [0, 0.1) is 0 Å². The van der Waals surface area contributed by atoms with E-state index in [-0.39, 0.29) is 5.92 Å². The van der Waals surface area contributed by atoms with Crippen molar-refractivity contribution in [3.05, 3.63) is 80.4 Å². The molecule has 1 aliphatic heterocycles. The van der Waals surface area contributed by atoms with E-state index in [2.05, 4.69) is 40.0 Å². The predicted molar refractivity (Wildman–Crippen MR) is 100.0 cm³/mol. The number of nitrogens with zero attached hydrogens (tertiary/aromatic N) is 1. The lowest BCUT2D eigenvalue weighted by molar-refractivity contribution is 0.210. The molecule has 2 unspecified atom stereocenters. The highest BCUT2D eigenvalue weighted by molar-refractivity contribution is 8.08. The van der Waals surface area contributed by atoms with Gasteiger partial charge in [-0.3, -0.25) is 4.98 Å². The van der Waals surface area contributed by atoms with Crippen molar-refractivity contribution in [1.82, 2.24) is 4.98 Å². The number of hydrogen-bond donors (Lipinski definition) is 1. The lowest BCUT2D eigenvalue weighted by Gasteiger charge is -2.19. The molecule has 1 aliphatic rings. The Bertz CT molecular complexity index is 794. The highest BCUT2D eigenvalue weighted by atomic mass is 32.2. The molecule has 4 heterocycles. The van der Waals surface area contributed by atoms with Crippen LogP contribution in [0.25, 0.3) is 4.91 Å². The van der Waals surface area contributed by atoms with Crippen LogP contribution in [0.15, 0.2) is 65.1 Å². The fraction of sp³-hybridized carbons (Fsp3) is 0.167. The molecule has 2 nitrogen and oxygen atoms in total. The number of rotatable bonds is 4. The van der Waals surface area contributed by atoms with Crippen LogP contribution in [0.3, 0.4) is 0 Å². The molecule has 5 heteroatoms. The summed E-state index contributed by atoms with van der Waals surface area (Å²) in [7, 11) is 0. The number of thioether (sulfide) groups is 1. The van der Waals surface area contributed by atoms with Gasteiger partial charge in [0.25, 0.3) is 0 Å². The quantitative estimate of drug-likeness (QED) is 0.698. The summed E-state index contributed by atoms with van der Waals surface area (Å²) in [6.07, 6.45) is 2.89. The van der Waals surface area contributed by atoms with Crippen LogP contribution in [0.4, 0.5) is 0 Å². The number of aliphatic hydroxyl groups is 1. The molecule has 4 rings (SSSR count). The molecule has 0 amide bonds. The minimum atomic E-state index is -0.608. The van der Waals surface area contributed by atoms with E-state index < -0.39 is 6.10 Å². The van der Waals surface area contributed by atoms with Gasteiger partial charge in [-0.2, -0.15) is 0 Å². The summed E-state index contributed by atoms with van der Waals surface area (Å²) in [5.74, 6) is 1.26. The summed E-state index contributed by atoms with van der Waals surface area (Å²) < 4.78 is 0. The fourth-order valence-corrected chi connectivity index (χ4v) is 6.16. The molecule has 0 saturated heterocycles. The molecular weight excluding hydrogens is 342 g/mol. The van der Waals surface area contributed by atoms with Crippen molar-refractivity contribution in [3.8, 4) is 0 Å². The van der Waals surface area contributed by atoms with E-state index in [1.54, 1.807) is 35.1 Å². The van der Waals surface area contributed by atoms with Gasteiger partial charge in [0.2, 0.25) is 0 Å². The Hall–Kier alpha value is -1.40. The molecule has 2 atom stereocenters. The Morgan fingerprint density at radius 1 is 1.09 bits per heavy atom.